The predicted octanol–water partition coefficient (Wildman–Crippen LogP) is 3.09. The minimum absolute atomic E-state index is 0.135. The van der Waals surface area contributed by atoms with Gasteiger partial charge in [0.15, 0.2) is 11.6 Å². The van der Waals surface area contributed by atoms with E-state index in [2.05, 4.69) is 18.7 Å². The lowest BCUT2D eigenvalue weighted by atomic mass is 9.90. The van der Waals surface area contributed by atoms with Gasteiger partial charge in [0.25, 0.3) is 0 Å². The largest absolute Gasteiger partial charge is 0.326 e. The van der Waals surface area contributed by atoms with Gasteiger partial charge in [-0.1, -0.05) is 26.0 Å². The molecule has 1 saturated heterocycles. The van der Waals surface area contributed by atoms with Gasteiger partial charge in [-0.3, -0.25) is 4.90 Å². The molecule has 0 radical (unpaired) electrons. The Morgan fingerprint density at radius 3 is 2.79 bits per heavy atom. The quantitative estimate of drug-likeness (QED) is 0.912. The standard InChI is InChI=1S/C15H22F2N2/c1-10(2)9-19-8-4-7-13(18)15(19)11-5-3-6-12(16)14(11)17/h3,5-6,10,13,15H,4,7-9,18H2,1-2H3. The first-order chi connectivity index (χ1) is 9.00. The molecule has 2 rings (SSSR count). The van der Waals surface area contributed by atoms with E-state index in [1.807, 2.05) is 0 Å². The lowest BCUT2D eigenvalue weighted by Crippen LogP contribution is -2.47. The number of rotatable bonds is 3. The highest BCUT2D eigenvalue weighted by Gasteiger charge is 2.32. The van der Waals surface area contributed by atoms with E-state index in [9.17, 15) is 8.78 Å². The van der Waals surface area contributed by atoms with Crippen LogP contribution in [0.3, 0.4) is 0 Å². The molecular weight excluding hydrogens is 246 g/mol. The number of piperidine rings is 1. The number of nitrogens with zero attached hydrogens (tertiary/aromatic N) is 1. The Morgan fingerprint density at radius 2 is 2.11 bits per heavy atom. The van der Waals surface area contributed by atoms with Crippen molar-refractivity contribution in [1.82, 2.24) is 4.90 Å². The van der Waals surface area contributed by atoms with Gasteiger partial charge in [-0.25, -0.2) is 8.78 Å². The van der Waals surface area contributed by atoms with Crippen LogP contribution in [0.2, 0.25) is 0 Å². The Labute approximate surface area is 113 Å². The molecule has 1 fully saturated rings. The van der Waals surface area contributed by atoms with E-state index in [-0.39, 0.29) is 12.1 Å². The summed E-state index contributed by atoms with van der Waals surface area (Å²) in [6.45, 7) is 6.00. The molecule has 0 spiro atoms. The minimum Gasteiger partial charge on any atom is -0.326 e. The van der Waals surface area contributed by atoms with Crippen LogP contribution in [-0.4, -0.2) is 24.0 Å². The number of halogens is 2. The van der Waals surface area contributed by atoms with Crippen LogP contribution in [0.15, 0.2) is 18.2 Å². The van der Waals surface area contributed by atoms with E-state index in [4.69, 9.17) is 5.73 Å². The molecule has 106 valence electrons. The fraction of sp³-hybridized carbons (Fsp3) is 0.600. The van der Waals surface area contributed by atoms with Crippen molar-refractivity contribution in [2.75, 3.05) is 13.1 Å². The van der Waals surface area contributed by atoms with Gasteiger partial charge in [0.1, 0.15) is 0 Å². The molecule has 0 bridgehead atoms. The molecule has 19 heavy (non-hydrogen) atoms. The van der Waals surface area contributed by atoms with E-state index in [0.717, 1.165) is 32.0 Å². The molecule has 1 aromatic carbocycles. The van der Waals surface area contributed by atoms with Crippen LogP contribution in [0.4, 0.5) is 8.78 Å². The maximum atomic E-state index is 14.0. The van der Waals surface area contributed by atoms with Crippen molar-refractivity contribution >= 4 is 0 Å². The molecule has 0 aliphatic carbocycles. The summed E-state index contributed by atoms with van der Waals surface area (Å²) < 4.78 is 27.4. The topological polar surface area (TPSA) is 29.3 Å². The van der Waals surface area contributed by atoms with Gasteiger partial charge < -0.3 is 5.73 Å². The van der Waals surface area contributed by atoms with Crippen molar-refractivity contribution in [1.29, 1.82) is 0 Å². The highest BCUT2D eigenvalue weighted by molar-refractivity contribution is 5.24. The minimum atomic E-state index is -0.792. The Bertz CT molecular complexity index is 434. The number of likely N-dealkylation sites (tertiary alicyclic amines) is 1. The zero-order valence-corrected chi connectivity index (χ0v) is 11.6. The lowest BCUT2D eigenvalue weighted by molar-refractivity contribution is 0.111. The number of benzene rings is 1. The average Bonchev–Trinajstić information content (AvgIpc) is 2.33. The van der Waals surface area contributed by atoms with Crippen LogP contribution in [0.25, 0.3) is 0 Å². The first-order valence-electron chi connectivity index (χ1n) is 6.94. The molecule has 4 heteroatoms. The second kappa shape index (κ2) is 5.97. The normalized spacial score (nSPS) is 24.9. The van der Waals surface area contributed by atoms with Crippen LogP contribution in [0.5, 0.6) is 0 Å². The highest BCUT2D eigenvalue weighted by atomic mass is 19.2. The SMILES string of the molecule is CC(C)CN1CCCC(N)C1c1cccc(F)c1F. The van der Waals surface area contributed by atoms with Gasteiger partial charge in [0.2, 0.25) is 0 Å². The number of hydrogen-bond acceptors (Lipinski definition) is 2. The van der Waals surface area contributed by atoms with E-state index < -0.39 is 11.6 Å². The summed E-state index contributed by atoms with van der Waals surface area (Å²) in [7, 11) is 0. The Kier molecular flexibility index (Phi) is 4.53. The third-order valence-corrected chi connectivity index (χ3v) is 3.68. The predicted molar refractivity (Wildman–Crippen MR) is 72.7 cm³/mol. The van der Waals surface area contributed by atoms with E-state index in [1.165, 1.54) is 0 Å². The molecule has 2 N–H and O–H groups in total. The van der Waals surface area contributed by atoms with Gasteiger partial charge in [-0.2, -0.15) is 0 Å². The average molecular weight is 268 g/mol. The van der Waals surface area contributed by atoms with Gasteiger partial charge >= 0.3 is 0 Å². The van der Waals surface area contributed by atoms with Crippen molar-refractivity contribution in [3.63, 3.8) is 0 Å². The summed E-state index contributed by atoms with van der Waals surface area (Å²) in [5, 5.41) is 0. The first kappa shape index (κ1) is 14.4. The molecule has 1 aliphatic rings. The Balaban J connectivity index is 2.33. The fourth-order valence-corrected chi connectivity index (χ4v) is 2.95. The molecule has 2 atom stereocenters. The number of hydrogen-bond donors (Lipinski definition) is 1. The summed E-state index contributed by atoms with van der Waals surface area (Å²) in [4.78, 5) is 2.19. The summed E-state index contributed by atoms with van der Waals surface area (Å²) in [6.07, 6.45) is 1.87. The molecule has 0 aromatic heterocycles. The van der Waals surface area contributed by atoms with Crippen LogP contribution >= 0.6 is 0 Å². The molecular formula is C15H22F2N2. The molecule has 0 saturated carbocycles. The maximum absolute atomic E-state index is 14.0. The summed E-state index contributed by atoms with van der Waals surface area (Å²) >= 11 is 0. The molecule has 1 aliphatic heterocycles. The van der Waals surface area contributed by atoms with Gasteiger partial charge in [0, 0.05) is 18.2 Å². The monoisotopic (exact) mass is 268 g/mol. The van der Waals surface area contributed by atoms with Crippen LogP contribution in [0, 0.1) is 17.6 Å². The van der Waals surface area contributed by atoms with E-state index in [1.54, 1.807) is 12.1 Å². The third-order valence-electron chi connectivity index (χ3n) is 3.68. The molecule has 1 aromatic rings. The molecule has 1 heterocycles. The van der Waals surface area contributed by atoms with Crippen LogP contribution in [-0.2, 0) is 0 Å². The van der Waals surface area contributed by atoms with Crippen molar-refractivity contribution in [2.45, 2.75) is 38.8 Å². The molecule has 2 unspecified atom stereocenters. The smallest absolute Gasteiger partial charge is 0.163 e. The van der Waals surface area contributed by atoms with Crippen molar-refractivity contribution < 1.29 is 8.78 Å². The van der Waals surface area contributed by atoms with Crippen LogP contribution < -0.4 is 5.73 Å². The van der Waals surface area contributed by atoms with E-state index in [0.29, 0.717) is 11.5 Å². The van der Waals surface area contributed by atoms with Gasteiger partial charge in [0.05, 0.1) is 6.04 Å². The van der Waals surface area contributed by atoms with Gasteiger partial charge in [-0.15, -0.1) is 0 Å². The first-order valence-corrected chi connectivity index (χ1v) is 6.94. The Morgan fingerprint density at radius 1 is 1.37 bits per heavy atom. The zero-order valence-electron chi connectivity index (χ0n) is 11.6. The second-order valence-electron chi connectivity index (χ2n) is 5.78. The second-order valence-corrected chi connectivity index (χ2v) is 5.78. The summed E-state index contributed by atoms with van der Waals surface area (Å²) in [5.41, 5.74) is 6.56. The number of nitrogens with two attached hydrogens (primary N) is 1. The van der Waals surface area contributed by atoms with Crippen molar-refractivity contribution in [3.05, 3.63) is 35.4 Å². The lowest BCUT2D eigenvalue weighted by Gasteiger charge is -2.41. The summed E-state index contributed by atoms with van der Waals surface area (Å²) in [5.74, 6) is -1.07. The summed E-state index contributed by atoms with van der Waals surface area (Å²) in [6, 6.07) is 4.01. The van der Waals surface area contributed by atoms with Gasteiger partial charge in [-0.05, 0) is 31.4 Å². The third kappa shape index (κ3) is 3.12. The fourth-order valence-electron chi connectivity index (χ4n) is 2.95. The van der Waals surface area contributed by atoms with Crippen molar-refractivity contribution in [2.24, 2.45) is 11.7 Å². The van der Waals surface area contributed by atoms with E-state index >= 15 is 0 Å². The van der Waals surface area contributed by atoms with Crippen molar-refractivity contribution in [3.8, 4) is 0 Å². The zero-order chi connectivity index (χ0) is 14.0. The Hall–Kier alpha value is -1.00. The van der Waals surface area contributed by atoms with Crippen LogP contribution in [0.1, 0.15) is 38.3 Å². The molecule has 2 nitrogen and oxygen atoms in total. The maximum Gasteiger partial charge on any atom is 0.163 e. The molecule has 0 amide bonds. The highest BCUT2D eigenvalue weighted by Crippen LogP contribution is 2.32.